The molecule has 0 unspecified atom stereocenters. The van der Waals surface area contributed by atoms with Crippen LogP contribution in [-0.4, -0.2) is 27.5 Å². The summed E-state index contributed by atoms with van der Waals surface area (Å²) in [6, 6.07) is 9.31. The van der Waals surface area contributed by atoms with Gasteiger partial charge in [-0.1, -0.05) is 43.5 Å². The summed E-state index contributed by atoms with van der Waals surface area (Å²) in [6.07, 6.45) is 4.85. The van der Waals surface area contributed by atoms with Gasteiger partial charge < -0.3 is 4.90 Å². The molecule has 4 nitrogen and oxygen atoms in total. The van der Waals surface area contributed by atoms with E-state index in [2.05, 4.69) is 17.1 Å². The minimum absolute atomic E-state index is 0.0152. The van der Waals surface area contributed by atoms with Crippen LogP contribution in [0.2, 0.25) is 5.02 Å². The first-order valence-corrected chi connectivity index (χ1v) is 7.61. The lowest BCUT2D eigenvalue weighted by molar-refractivity contribution is 0.0734. The monoisotopic (exact) mass is 305 g/mol. The average Bonchev–Trinajstić information content (AvgIpc) is 3.02. The molecular weight excluding hydrogens is 286 g/mol. The van der Waals surface area contributed by atoms with E-state index in [0.29, 0.717) is 17.3 Å². The molecule has 1 N–H and O–H groups in total. The number of H-pyrrole nitrogens is 1. The van der Waals surface area contributed by atoms with E-state index in [4.69, 9.17) is 11.6 Å². The van der Waals surface area contributed by atoms with Crippen LogP contribution in [0.25, 0.3) is 0 Å². The molecule has 1 aromatic heterocycles. The molecule has 0 saturated carbocycles. The van der Waals surface area contributed by atoms with Crippen LogP contribution in [0.3, 0.4) is 0 Å². The standard InChI is InChI=1S/C16H20ClN3O/c1-2-3-4-11-20(16(21)15-9-10-18-19-15)12-13-5-7-14(17)8-6-13/h5-10H,2-4,11-12H2,1H3,(H,18,19). The van der Waals surface area contributed by atoms with Crippen LogP contribution >= 0.6 is 11.6 Å². The third kappa shape index (κ3) is 4.60. The molecule has 5 heteroatoms. The maximum atomic E-state index is 12.5. The largest absolute Gasteiger partial charge is 0.333 e. The summed E-state index contributed by atoms with van der Waals surface area (Å²) < 4.78 is 0. The predicted octanol–water partition coefficient (Wildman–Crippen LogP) is 3.90. The normalized spacial score (nSPS) is 10.6. The summed E-state index contributed by atoms with van der Waals surface area (Å²) in [6.45, 7) is 3.48. The molecule has 1 heterocycles. The maximum Gasteiger partial charge on any atom is 0.272 e. The Hall–Kier alpha value is -1.81. The quantitative estimate of drug-likeness (QED) is 0.789. The summed E-state index contributed by atoms with van der Waals surface area (Å²) in [7, 11) is 0. The highest BCUT2D eigenvalue weighted by Crippen LogP contribution is 2.14. The number of nitrogens with zero attached hydrogens (tertiary/aromatic N) is 2. The van der Waals surface area contributed by atoms with Gasteiger partial charge in [-0.05, 0) is 30.2 Å². The van der Waals surface area contributed by atoms with Crippen LogP contribution < -0.4 is 0 Å². The van der Waals surface area contributed by atoms with E-state index >= 15 is 0 Å². The maximum absolute atomic E-state index is 12.5. The highest BCUT2D eigenvalue weighted by Gasteiger charge is 2.16. The molecule has 0 atom stereocenters. The van der Waals surface area contributed by atoms with Gasteiger partial charge in [0.1, 0.15) is 5.69 Å². The second-order valence-electron chi connectivity index (χ2n) is 5.03. The number of amides is 1. The molecule has 0 fully saturated rings. The second kappa shape index (κ2) is 7.84. The molecule has 112 valence electrons. The molecule has 0 bridgehead atoms. The zero-order valence-electron chi connectivity index (χ0n) is 12.2. The van der Waals surface area contributed by atoms with Gasteiger partial charge in [-0.15, -0.1) is 0 Å². The lowest BCUT2D eigenvalue weighted by atomic mass is 10.2. The Labute approximate surface area is 130 Å². The summed E-state index contributed by atoms with van der Waals surface area (Å²) in [4.78, 5) is 14.4. The molecule has 2 aromatic rings. The molecular formula is C16H20ClN3O. The number of aromatic nitrogens is 2. The first kappa shape index (κ1) is 15.6. The van der Waals surface area contributed by atoms with Crippen molar-refractivity contribution in [2.45, 2.75) is 32.7 Å². The third-order valence-electron chi connectivity index (χ3n) is 3.34. The summed E-state index contributed by atoms with van der Waals surface area (Å²) in [5.41, 5.74) is 1.60. The van der Waals surface area contributed by atoms with E-state index in [1.54, 1.807) is 12.3 Å². The Balaban J connectivity index is 2.07. The molecule has 0 saturated heterocycles. The fourth-order valence-corrected chi connectivity index (χ4v) is 2.29. The summed E-state index contributed by atoms with van der Waals surface area (Å²) >= 11 is 5.90. The zero-order chi connectivity index (χ0) is 15.1. The van der Waals surface area contributed by atoms with Crippen molar-refractivity contribution in [2.24, 2.45) is 0 Å². The Morgan fingerprint density at radius 2 is 2.00 bits per heavy atom. The van der Waals surface area contributed by atoms with Gasteiger partial charge >= 0.3 is 0 Å². The van der Waals surface area contributed by atoms with Gasteiger partial charge in [-0.3, -0.25) is 9.89 Å². The predicted molar refractivity (Wildman–Crippen MR) is 84.3 cm³/mol. The van der Waals surface area contributed by atoms with E-state index < -0.39 is 0 Å². The first-order chi connectivity index (χ1) is 10.2. The number of aromatic amines is 1. The molecule has 0 aliphatic rings. The number of benzene rings is 1. The molecule has 1 amide bonds. The van der Waals surface area contributed by atoms with Crippen LogP contribution in [0, 0.1) is 0 Å². The topological polar surface area (TPSA) is 49.0 Å². The molecule has 21 heavy (non-hydrogen) atoms. The van der Waals surface area contributed by atoms with Gasteiger partial charge in [0, 0.05) is 24.3 Å². The highest BCUT2D eigenvalue weighted by molar-refractivity contribution is 6.30. The minimum atomic E-state index is -0.0152. The average molecular weight is 306 g/mol. The molecule has 0 spiro atoms. The lowest BCUT2D eigenvalue weighted by Gasteiger charge is -2.22. The van der Waals surface area contributed by atoms with E-state index in [1.165, 1.54) is 0 Å². The fraction of sp³-hybridized carbons (Fsp3) is 0.375. The van der Waals surface area contributed by atoms with Gasteiger partial charge in [0.2, 0.25) is 0 Å². The van der Waals surface area contributed by atoms with Crippen molar-refractivity contribution in [3.8, 4) is 0 Å². The van der Waals surface area contributed by atoms with Gasteiger partial charge in [-0.2, -0.15) is 5.10 Å². The molecule has 1 aromatic carbocycles. The Morgan fingerprint density at radius 3 is 2.62 bits per heavy atom. The molecule has 0 aliphatic carbocycles. The Morgan fingerprint density at radius 1 is 1.24 bits per heavy atom. The van der Waals surface area contributed by atoms with Crippen LogP contribution in [0.15, 0.2) is 36.5 Å². The lowest BCUT2D eigenvalue weighted by Crippen LogP contribution is -2.31. The molecule has 0 aliphatic heterocycles. The Bertz CT molecular complexity index is 551. The van der Waals surface area contributed by atoms with Crippen LogP contribution in [0.4, 0.5) is 0 Å². The minimum Gasteiger partial charge on any atom is -0.333 e. The number of hydrogen-bond acceptors (Lipinski definition) is 2. The van der Waals surface area contributed by atoms with Gasteiger partial charge in [0.05, 0.1) is 0 Å². The van der Waals surface area contributed by atoms with Crippen molar-refractivity contribution in [2.75, 3.05) is 6.54 Å². The SMILES string of the molecule is CCCCCN(Cc1ccc(Cl)cc1)C(=O)c1ccn[nH]1. The van der Waals surface area contributed by atoms with Gasteiger partial charge in [-0.25, -0.2) is 0 Å². The molecule has 0 radical (unpaired) electrons. The number of rotatable bonds is 7. The van der Waals surface area contributed by atoms with Crippen molar-refractivity contribution >= 4 is 17.5 Å². The Kier molecular flexibility index (Phi) is 5.81. The van der Waals surface area contributed by atoms with Crippen LogP contribution in [0.5, 0.6) is 0 Å². The van der Waals surface area contributed by atoms with E-state index in [9.17, 15) is 4.79 Å². The number of halogens is 1. The van der Waals surface area contributed by atoms with Crippen molar-refractivity contribution in [3.63, 3.8) is 0 Å². The van der Waals surface area contributed by atoms with Crippen molar-refractivity contribution in [1.29, 1.82) is 0 Å². The van der Waals surface area contributed by atoms with Gasteiger partial charge in [0.15, 0.2) is 0 Å². The first-order valence-electron chi connectivity index (χ1n) is 7.24. The van der Waals surface area contributed by atoms with Crippen molar-refractivity contribution < 1.29 is 4.79 Å². The molecule has 2 rings (SSSR count). The number of carbonyl (C=O) groups is 1. The second-order valence-corrected chi connectivity index (χ2v) is 5.47. The van der Waals surface area contributed by atoms with E-state index in [1.807, 2.05) is 29.2 Å². The van der Waals surface area contributed by atoms with Crippen molar-refractivity contribution in [3.05, 3.63) is 52.8 Å². The zero-order valence-corrected chi connectivity index (χ0v) is 12.9. The number of nitrogens with one attached hydrogen (secondary N) is 1. The van der Waals surface area contributed by atoms with Crippen molar-refractivity contribution in [1.82, 2.24) is 15.1 Å². The van der Waals surface area contributed by atoms with Gasteiger partial charge in [0.25, 0.3) is 5.91 Å². The summed E-state index contributed by atoms with van der Waals surface area (Å²) in [5, 5.41) is 7.30. The van der Waals surface area contributed by atoms with E-state index in [-0.39, 0.29) is 5.91 Å². The summed E-state index contributed by atoms with van der Waals surface area (Å²) in [5.74, 6) is -0.0152. The van der Waals surface area contributed by atoms with Crippen LogP contribution in [0.1, 0.15) is 42.2 Å². The number of hydrogen-bond donors (Lipinski definition) is 1. The fourth-order valence-electron chi connectivity index (χ4n) is 2.16. The highest BCUT2D eigenvalue weighted by atomic mass is 35.5. The number of carbonyl (C=O) groups excluding carboxylic acids is 1. The van der Waals surface area contributed by atoms with E-state index in [0.717, 1.165) is 31.4 Å². The number of unbranched alkanes of at least 4 members (excludes halogenated alkanes) is 2. The third-order valence-corrected chi connectivity index (χ3v) is 3.59. The van der Waals surface area contributed by atoms with Crippen LogP contribution in [-0.2, 0) is 6.54 Å². The smallest absolute Gasteiger partial charge is 0.272 e.